The number of aliphatic carboxylic acids is 1. The second kappa shape index (κ2) is 6.83. The number of carboxylic acid groups (broad SMARTS) is 1. The van der Waals surface area contributed by atoms with Crippen LogP contribution < -0.4 is 0 Å². The third-order valence-corrected chi connectivity index (χ3v) is 4.43. The minimum atomic E-state index is -4.29. The summed E-state index contributed by atoms with van der Waals surface area (Å²) in [6.07, 6.45) is -4.52. The van der Waals surface area contributed by atoms with Crippen molar-refractivity contribution in [3.63, 3.8) is 0 Å². The fourth-order valence-corrected chi connectivity index (χ4v) is 2.98. The zero-order valence-corrected chi connectivity index (χ0v) is 13.4. The van der Waals surface area contributed by atoms with Crippen LogP contribution in [0, 0.1) is 5.41 Å². The lowest BCUT2D eigenvalue weighted by atomic mass is 9.81. The molecule has 2 rings (SSSR count). The zero-order chi connectivity index (χ0) is 18.0. The van der Waals surface area contributed by atoms with Gasteiger partial charge in [-0.25, -0.2) is 0 Å². The molecule has 1 aliphatic rings. The summed E-state index contributed by atoms with van der Waals surface area (Å²) in [5.41, 5.74) is -0.465. The average Bonchev–Trinajstić information content (AvgIpc) is 2.52. The SMILES string of the molecule is CC1(C(=O)O)CCCN(C(=O)c2ccccc2CCC(F)(F)F)C1. The highest BCUT2D eigenvalue weighted by Gasteiger charge is 2.39. The molecule has 132 valence electrons. The number of hydrogen-bond donors (Lipinski definition) is 1. The molecule has 1 aromatic carbocycles. The number of alkyl halides is 3. The Balaban J connectivity index is 2.19. The van der Waals surface area contributed by atoms with Crippen molar-refractivity contribution >= 4 is 11.9 Å². The van der Waals surface area contributed by atoms with Crippen molar-refractivity contribution in [2.45, 2.75) is 38.8 Å². The first kappa shape index (κ1) is 18.3. The molecule has 0 aliphatic carbocycles. The van der Waals surface area contributed by atoms with Gasteiger partial charge in [0.15, 0.2) is 0 Å². The molecule has 0 bridgehead atoms. The quantitative estimate of drug-likeness (QED) is 0.910. The Morgan fingerprint density at radius 3 is 2.58 bits per heavy atom. The Labute approximate surface area is 138 Å². The maximum absolute atomic E-state index is 12.7. The number of carboxylic acids is 1. The molecule has 4 nitrogen and oxygen atoms in total. The second-order valence-electron chi connectivity index (χ2n) is 6.47. The maximum Gasteiger partial charge on any atom is 0.389 e. The Bertz CT molecular complexity index is 630. The van der Waals surface area contributed by atoms with Crippen LogP contribution in [-0.4, -0.2) is 41.1 Å². The van der Waals surface area contributed by atoms with Gasteiger partial charge in [0.1, 0.15) is 0 Å². The van der Waals surface area contributed by atoms with Gasteiger partial charge in [0.2, 0.25) is 0 Å². The summed E-state index contributed by atoms with van der Waals surface area (Å²) in [6, 6.07) is 6.21. The van der Waals surface area contributed by atoms with Gasteiger partial charge in [0.25, 0.3) is 5.91 Å². The molecule has 0 aromatic heterocycles. The first-order valence-electron chi connectivity index (χ1n) is 7.80. The van der Waals surface area contributed by atoms with Crippen molar-refractivity contribution in [3.05, 3.63) is 35.4 Å². The van der Waals surface area contributed by atoms with Crippen LogP contribution in [0.25, 0.3) is 0 Å². The number of carbonyl (C=O) groups excluding carboxylic acids is 1. The van der Waals surface area contributed by atoms with Gasteiger partial charge in [-0.05, 0) is 37.8 Å². The fourth-order valence-electron chi connectivity index (χ4n) is 2.98. The molecule has 1 amide bonds. The molecule has 1 aromatic rings. The van der Waals surface area contributed by atoms with Gasteiger partial charge in [-0.1, -0.05) is 18.2 Å². The van der Waals surface area contributed by atoms with Crippen molar-refractivity contribution in [1.82, 2.24) is 4.90 Å². The molecular formula is C17H20F3NO3. The number of rotatable bonds is 4. The molecule has 0 saturated carbocycles. The van der Waals surface area contributed by atoms with Crippen LogP contribution in [0.3, 0.4) is 0 Å². The summed E-state index contributed by atoms with van der Waals surface area (Å²) in [7, 11) is 0. The summed E-state index contributed by atoms with van der Waals surface area (Å²) < 4.78 is 37.4. The maximum atomic E-state index is 12.7. The van der Waals surface area contributed by atoms with Crippen LogP contribution in [0.4, 0.5) is 13.2 Å². The number of amides is 1. The lowest BCUT2D eigenvalue weighted by Crippen LogP contribution is -2.48. The van der Waals surface area contributed by atoms with Crippen molar-refractivity contribution in [2.24, 2.45) is 5.41 Å². The number of likely N-dealkylation sites (tertiary alicyclic amines) is 1. The summed E-state index contributed by atoms with van der Waals surface area (Å²) in [6.45, 7) is 2.06. The predicted molar refractivity (Wildman–Crippen MR) is 81.7 cm³/mol. The Morgan fingerprint density at radius 2 is 1.96 bits per heavy atom. The first-order chi connectivity index (χ1) is 11.1. The van der Waals surface area contributed by atoms with Crippen LogP contribution in [0.15, 0.2) is 24.3 Å². The van der Waals surface area contributed by atoms with Gasteiger partial charge in [-0.2, -0.15) is 13.2 Å². The summed E-state index contributed by atoms with van der Waals surface area (Å²) in [4.78, 5) is 25.5. The van der Waals surface area contributed by atoms with E-state index in [1.54, 1.807) is 19.1 Å². The average molecular weight is 343 g/mol. The van der Waals surface area contributed by atoms with E-state index in [1.807, 2.05) is 0 Å². The predicted octanol–water partition coefficient (Wildman–Crippen LogP) is 3.51. The largest absolute Gasteiger partial charge is 0.481 e. The van der Waals surface area contributed by atoms with Crippen molar-refractivity contribution in [2.75, 3.05) is 13.1 Å². The van der Waals surface area contributed by atoms with Gasteiger partial charge in [-0.15, -0.1) is 0 Å². The molecule has 0 radical (unpaired) electrons. The number of nitrogens with zero attached hydrogens (tertiary/aromatic N) is 1. The molecule has 0 spiro atoms. The first-order valence-corrected chi connectivity index (χ1v) is 7.80. The molecule has 1 atom stereocenters. The third kappa shape index (κ3) is 4.27. The molecule has 24 heavy (non-hydrogen) atoms. The second-order valence-corrected chi connectivity index (χ2v) is 6.47. The molecular weight excluding hydrogens is 323 g/mol. The Morgan fingerprint density at radius 1 is 1.29 bits per heavy atom. The molecule has 1 saturated heterocycles. The van der Waals surface area contributed by atoms with Crippen LogP contribution in [0.5, 0.6) is 0 Å². The fraction of sp³-hybridized carbons (Fsp3) is 0.529. The Kier molecular flexibility index (Phi) is 5.20. The van der Waals surface area contributed by atoms with E-state index >= 15 is 0 Å². The monoisotopic (exact) mass is 343 g/mol. The summed E-state index contributed by atoms with van der Waals surface area (Å²) in [5, 5.41) is 9.33. The van der Waals surface area contributed by atoms with E-state index < -0.39 is 29.9 Å². The summed E-state index contributed by atoms with van der Waals surface area (Å²) in [5.74, 6) is -1.37. The van der Waals surface area contributed by atoms with Crippen molar-refractivity contribution in [3.8, 4) is 0 Å². The molecule has 1 fully saturated rings. The number of piperidine rings is 1. The number of halogens is 3. The van der Waals surface area contributed by atoms with Gasteiger partial charge >= 0.3 is 12.1 Å². The van der Waals surface area contributed by atoms with Gasteiger partial charge < -0.3 is 10.0 Å². The normalized spacial score (nSPS) is 21.6. The van der Waals surface area contributed by atoms with Crippen molar-refractivity contribution in [1.29, 1.82) is 0 Å². The highest BCUT2D eigenvalue weighted by atomic mass is 19.4. The van der Waals surface area contributed by atoms with E-state index in [2.05, 4.69) is 0 Å². The van der Waals surface area contributed by atoms with Crippen LogP contribution in [0.2, 0.25) is 0 Å². The van der Waals surface area contributed by atoms with Crippen LogP contribution in [0.1, 0.15) is 42.1 Å². The van der Waals surface area contributed by atoms with Crippen molar-refractivity contribution < 1.29 is 27.9 Å². The van der Waals surface area contributed by atoms with E-state index in [9.17, 15) is 27.9 Å². The number of carbonyl (C=O) groups is 2. The minimum absolute atomic E-state index is 0.0643. The van der Waals surface area contributed by atoms with E-state index in [-0.39, 0.29) is 18.5 Å². The lowest BCUT2D eigenvalue weighted by Gasteiger charge is -2.37. The van der Waals surface area contributed by atoms with Gasteiger partial charge in [0.05, 0.1) is 5.41 Å². The van der Waals surface area contributed by atoms with E-state index in [1.165, 1.54) is 17.0 Å². The molecule has 1 unspecified atom stereocenters. The zero-order valence-electron chi connectivity index (χ0n) is 13.4. The number of aryl methyl sites for hydroxylation is 1. The van der Waals surface area contributed by atoms with E-state index in [4.69, 9.17) is 0 Å². The van der Waals surface area contributed by atoms with Crippen LogP contribution >= 0.6 is 0 Å². The van der Waals surface area contributed by atoms with E-state index in [0.29, 0.717) is 24.9 Å². The minimum Gasteiger partial charge on any atom is -0.481 e. The number of benzene rings is 1. The summed E-state index contributed by atoms with van der Waals surface area (Å²) >= 11 is 0. The van der Waals surface area contributed by atoms with E-state index in [0.717, 1.165) is 0 Å². The topological polar surface area (TPSA) is 57.6 Å². The molecule has 1 N–H and O–H groups in total. The molecule has 7 heteroatoms. The Hall–Kier alpha value is -2.05. The van der Waals surface area contributed by atoms with Gasteiger partial charge in [-0.3, -0.25) is 9.59 Å². The smallest absolute Gasteiger partial charge is 0.389 e. The third-order valence-electron chi connectivity index (χ3n) is 4.43. The van der Waals surface area contributed by atoms with Gasteiger partial charge in [0, 0.05) is 25.1 Å². The number of hydrogen-bond acceptors (Lipinski definition) is 2. The standard InChI is InChI=1S/C17H20F3NO3/c1-16(15(23)24)8-4-10-21(11-16)14(22)13-6-3-2-5-12(13)7-9-17(18,19)20/h2-3,5-6H,4,7-11H2,1H3,(H,23,24). The lowest BCUT2D eigenvalue weighted by molar-refractivity contribution is -0.150. The highest BCUT2D eigenvalue weighted by molar-refractivity contribution is 5.96. The molecule has 1 aliphatic heterocycles. The highest BCUT2D eigenvalue weighted by Crippen LogP contribution is 2.31. The molecule has 1 heterocycles. The van der Waals surface area contributed by atoms with Crippen LogP contribution in [-0.2, 0) is 11.2 Å².